The molecule has 1 N–H and O–H groups in total. The smallest absolute Gasteiger partial charge is 0.243 e. The van der Waals surface area contributed by atoms with Crippen LogP contribution in [0.15, 0.2) is 78.9 Å². The fourth-order valence-corrected chi connectivity index (χ4v) is 4.78. The van der Waals surface area contributed by atoms with Crippen LogP contribution in [0.25, 0.3) is 0 Å². The lowest BCUT2D eigenvalue weighted by Gasteiger charge is -2.47. The van der Waals surface area contributed by atoms with E-state index in [0.717, 1.165) is 17.7 Å². The highest BCUT2D eigenvalue weighted by atomic mass is 32.2. The van der Waals surface area contributed by atoms with Crippen LogP contribution < -0.4 is 4.90 Å². The van der Waals surface area contributed by atoms with Gasteiger partial charge in [0.2, 0.25) is 5.91 Å². The van der Waals surface area contributed by atoms with Gasteiger partial charge in [-0.05, 0) is 59.7 Å². The third-order valence-corrected chi connectivity index (χ3v) is 6.17. The monoisotopic (exact) mass is 393 g/mol. The predicted molar refractivity (Wildman–Crippen MR) is 111 cm³/mol. The molecule has 0 aromatic heterocycles. The van der Waals surface area contributed by atoms with Gasteiger partial charge in [0.15, 0.2) is 0 Å². The summed E-state index contributed by atoms with van der Waals surface area (Å²) in [5, 5.41) is 9.40. The van der Waals surface area contributed by atoms with Gasteiger partial charge in [-0.25, -0.2) is 4.39 Å². The van der Waals surface area contributed by atoms with Crippen LogP contribution >= 0.6 is 11.8 Å². The Hall–Kier alpha value is -2.79. The first kappa shape index (κ1) is 18.6. The first-order valence-corrected chi connectivity index (χ1v) is 10.2. The Morgan fingerprint density at radius 3 is 2.29 bits per heavy atom. The van der Waals surface area contributed by atoms with Gasteiger partial charge in [-0.2, -0.15) is 0 Å². The predicted octanol–water partition coefficient (Wildman–Crippen LogP) is 4.96. The molecule has 0 bridgehead atoms. The van der Waals surface area contributed by atoms with Gasteiger partial charge in [0.05, 0.1) is 6.04 Å². The second-order valence-electron chi connectivity index (χ2n) is 6.75. The normalized spacial score (nSPS) is 18.8. The van der Waals surface area contributed by atoms with Gasteiger partial charge in [0.25, 0.3) is 0 Å². The second kappa shape index (κ2) is 8.07. The Balaban J connectivity index is 1.53. The van der Waals surface area contributed by atoms with E-state index in [1.54, 1.807) is 40.9 Å². The molecule has 0 unspecified atom stereocenters. The minimum atomic E-state index is -0.327. The standard InChI is InChI=1S/C23H20FNO2S/c24-18-8-10-19(11-9-18)25-21(17-6-12-20(26)13-7-17)22(23(25)27)28-15-14-16-4-2-1-3-5-16/h1-13,21-22,26H,14-15H2/t21-,22-/m0/s1. The van der Waals surface area contributed by atoms with Crippen LogP contribution in [-0.4, -0.2) is 22.0 Å². The Bertz CT molecular complexity index is 945. The summed E-state index contributed by atoms with van der Waals surface area (Å²) in [6, 6.07) is 23.0. The summed E-state index contributed by atoms with van der Waals surface area (Å²) in [5.74, 6) is 0.733. The number of benzene rings is 3. The Morgan fingerprint density at radius 1 is 0.929 bits per heavy atom. The average molecular weight is 393 g/mol. The third-order valence-electron chi connectivity index (χ3n) is 4.92. The molecule has 142 valence electrons. The van der Waals surface area contributed by atoms with Crippen LogP contribution in [0.1, 0.15) is 17.2 Å². The number of halogens is 1. The fraction of sp³-hybridized carbons (Fsp3) is 0.174. The number of aryl methyl sites for hydroxylation is 1. The Kier molecular flexibility index (Phi) is 5.35. The van der Waals surface area contributed by atoms with Crippen LogP contribution in [0, 0.1) is 5.82 Å². The summed E-state index contributed by atoms with van der Waals surface area (Å²) >= 11 is 1.65. The number of amides is 1. The molecule has 1 fully saturated rings. The molecule has 1 aliphatic rings. The van der Waals surface area contributed by atoms with Gasteiger partial charge in [0.1, 0.15) is 16.8 Å². The first-order valence-electron chi connectivity index (χ1n) is 9.16. The number of carbonyl (C=O) groups excluding carboxylic acids is 1. The van der Waals surface area contributed by atoms with Crippen LogP contribution in [0.2, 0.25) is 0 Å². The van der Waals surface area contributed by atoms with Crippen molar-refractivity contribution in [2.75, 3.05) is 10.7 Å². The number of rotatable bonds is 6. The Labute approximate surface area is 167 Å². The Morgan fingerprint density at radius 2 is 1.61 bits per heavy atom. The number of phenols is 1. The molecule has 4 rings (SSSR count). The molecule has 0 aliphatic carbocycles. The maximum atomic E-state index is 13.3. The molecule has 3 nitrogen and oxygen atoms in total. The molecular weight excluding hydrogens is 373 g/mol. The summed E-state index contributed by atoms with van der Waals surface area (Å²) in [6.07, 6.45) is 0.897. The summed E-state index contributed by atoms with van der Waals surface area (Å²) in [7, 11) is 0. The summed E-state index contributed by atoms with van der Waals surface area (Å²) in [6.45, 7) is 0. The largest absolute Gasteiger partial charge is 0.508 e. The topological polar surface area (TPSA) is 40.5 Å². The molecule has 3 aromatic carbocycles. The number of phenolic OH excluding ortho intramolecular Hbond substituents is 1. The van der Waals surface area contributed by atoms with E-state index in [2.05, 4.69) is 12.1 Å². The summed E-state index contributed by atoms with van der Waals surface area (Å²) in [5.41, 5.74) is 2.89. The lowest BCUT2D eigenvalue weighted by Crippen LogP contribution is -2.57. The summed E-state index contributed by atoms with van der Waals surface area (Å²) < 4.78 is 13.3. The van der Waals surface area contributed by atoms with Gasteiger partial charge in [-0.1, -0.05) is 42.5 Å². The number of thioether (sulfide) groups is 1. The van der Waals surface area contributed by atoms with Crippen LogP contribution in [0.5, 0.6) is 5.75 Å². The van der Waals surface area contributed by atoms with E-state index in [1.165, 1.54) is 17.7 Å². The van der Waals surface area contributed by atoms with Crippen molar-refractivity contribution >= 4 is 23.4 Å². The van der Waals surface area contributed by atoms with E-state index < -0.39 is 0 Å². The molecule has 1 amide bonds. The molecular formula is C23H20FNO2S. The zero-order chi connectivity index (χ0) is 19.5. The third kappa shape index (κ3) is 3.76. The average Bonchev–Trinajstić information content (AvgIpc) is 2.72. The van der Waals surface area contributed by atoms with E-state index in [0.29, 0.717) is 5.69 Å². The van der Waals surface area contributed by atoms with E-state index in [-0.39, 0.29) is 28.8 Å². The molecule has 0 radical (unpaired) electrons. The minimum absolute atomic E-state index is 0.0303. The van der Waals surface area contributed by atoms with Crippen molar-refractivity contribution < 1.29 is 14.3 Å². The molecule has 1 saturated heterocycles. The van der Waals surface area contributed by atoms with Crippen LogP contribution in [-0.2, 0) is 11.2 Å². The maximum absolute atomic E-state index is 13.3. The van der Waals surface area contributed by atoms with Crippen molar-refractivity contribution in [2.24, 2.45) is 0 Å². The SMILES string of the molecule is O=C1[C@@H](SCCc2ccccc2)[C@H](c2ccc(O)cc2)N1c1ccc(F)cc1. The van der Waals surface area contributed by atoms with E-state index in [4.69, 9.17) is 0 Å². The van der Waals surface area contributed by atoms with Crippen molar-refractivity contribution in [2.45, 2.75) is 17.7 Å². The number of β-lactam (4-membered cyclic amide) rings is 1. The quantitative estimate of drug-likeness (QED) is 0.602. The molecule has 5 heteroatoms. The van der Waals surface area contributed by atoms with Gasteiger partial charge < -0.3 is 10.0 Å². The molecule has 0 saturated carbocycles. The first-order chi connectivity index (χ1) is 13.6. The van der Waals surface area contributed by atoms with Crippen LogP contribution in [0.3, 0.4) is 0 Å². The zero-order valence-corrected chi connectivity index (χ0v) is 16.0. The van der Waals surface area contributed by atoms with E-state index in [1.807, 2.05) is 30.3 Å². The highest BCUT2D eigenvalue weighted by molar-refractivity contribution is 8.00. The molecule has 1 heterocycles. The van der Waals surface area contributed by atoms with E-state index in [9.17, 15) is 14.3 Å². The van der Waals surface area contributed by atoms with Gasteiger partial charge in [-0.15, -0.1) is 11.8 Å². The maximum Gasteiger partial charge on any atom is 0.243 e. The van der Waals surface area contributed by atoms with E-state index >= 15 is 0 Å². The lowest BCUT2D eigenvalue weighted by atomic mass is 9.92. The van der Waals surface area contributed by atoms with Crippen molar-refractivity contribution in [3.8, 4) is 5.75 Å². The van der Waals surface area contributed by atoms with Crippen LogP contribution in [0.4, 0.5) is 10.1 Å². The van der Waals surface area contributed by atoms with Gasteiger partial charge in [-0.3, -0.25) is 4.79 Å². The highest BCUT2D eigenvalue weighted by Crippen LogP contribution is 2.45. The molecule has 3 aromatic rings. The zero-order valence-electron chi connectivity index (χ0n) is 15.2. The van der Waals surface area contributed by atoms with Gasteiger partial charge in [0, 0.05) is 5.69 Å². The van der Waals surface area contributed by atoms with Crippen molar-refractivity contribution in [3.05, 3.63) is 95.8 Å². The van der Waals surface area contributed by atoms with Crippen molar-refractivity contribution in [1.29, 1.82) is 0 Å². The second-order valence-corrected chi connectivity index (χ2v) is 8.00. The number of hydrogen-bond acceptors (Lipinski definition) is 3. The number of anilines is 1. The summed E-state index contributed by atoms with van der Waals surface area (Å²) in [4.78, 5) is 14.6. The number of aromatic hydroxyl groups is 1. The highest BCUT2D eigenvalue weighted by Gasteiger charge is 2.49. The molecule has 1 aliphatic heterocycles. The lowest BCUT2D eigenvalue weighted by molar-refractivity contribution is -0.123. The van der Waals surface area contributed by atoms with Gasteiger partial charge >= 0.3 is 0 Å². The van der Waals surface area contributed by atoms with Crippen molar-refractivity contribution in [1.82, 2.24) is 0 Å². The molecule has 28 heavy (non-hydrogen) atoms. The fourth-order valence-electron chi connectivity index (χ4n) is 3.46. The molecule has 2 atom stereocenters. The number of carbonyl (C=O) groups is 1. The number of hydrogen-bond donors (Lipinski definition) is 1. The van der Waals surface area contributed by atoms with Crippen molar-refractivity contribution in [3.63, 3.8) is 0 Å². The molecule has 0 spiro atoms. The number of nitrogens with zero attached hydrogens (tertiary/aromatic N) is 1. The minimum Gasteiger partial charge on any atom is -0.508 e.